The van der Waals surface area contributed by atoms with Crippen molar-refractivity contribution < 1.29 is 14.3 Å². The Kier molecular flexibility index (Phi) is 6.75. The molecule has 0 radical (unpaired) electrons. The van der Waals surface area contributed by atoms with Crippen LogP contribution in [0.1, 0.15) is 42.3 Å². The van der Waals surface area contributed by atoms with E-state index in [4.69, 9.17) is 0 Å². The second kappa shape index (κ2) is 9.71. The van der Waals surface area contributed by atoms with E-state index in [1.54, 1.807) is 13.8 Å². The van der Waals surface area contributed by atoms with Crippen LogP contribution < -0.4 is 10.6 Å². The lowest BCUT2D eigenvalue weighted by Crippen LogP contribution is -2.37. The predicted molar refractivity (Wildman–Crippen MR) is 128 cm³/mol. The van der Waals surface area contributed by atoms with Gasteiger partial charge in [0.25, 0.3) is 0 Å². The van der Waals surface area contributed by atoms with E-state index in [1.807, 2.05) is 42.5 Å². The lowest BCUT2D eigenvalue weighted by Gasteiger charge is -2.33. The molecule has 172 valence electrons. The summed E-state index contributed by atoms with van der Waals surface area (Å²) < 4.78 is 13.5. The third-order valence-corrected chi connectivity index (χ3v) is 6.54. The number of fused-ring (bicyclic) bond motifs is 1. The fraction of sp³-hybridized carbons (Fsp3) is 0.333. The van der Waals surface area contributed by atoms with E-state index in [2.05, 4.69) is 27.8 Å². The molecule has 6 heteroatoms. The highest BCUT2D eigenvalue weighted by Gasteiger charge is 2.30. The maximum absolute atomic E-state index is 13.5. The Balaban J connectivity index is 1.48. The molecule has 0 saturated heterocycles. The summed E-state index contributed by atoms with van der Waals surface area (Å²) in [6, 6.07) is 19.8. The molecule has 2 aromatic carbocycles. The Morgan fingerprint density at radius 1 is 1.21 bits per heavy atom. The monoisotopic (exact) mass is 447 g/mol. The molecule has 0 amide bonds. The molecule has 0 fully saturated rings. The number of carbonyl (C=O) groups is 1. The Morgan fingerprint density at radius 3 is 2.76 bits per heavy atom. The van der Waals surface area contributed by atoms with Crippen molar-refractivity contribution in [3.05, 3.63) is 95.1 Å². The fourth-order valence-electron chi connectivity index (χ4n) is 4.41. The van der Waals surface area contributed by atoms with Gasteiger partial charge in [0.15, 0.2) is 0 Å². The topological polar surface area (TPSA) is 74.2 Å². The number of hydrogen-bond donors (Lipinski definition) is 3. The van der Waals surface area contributed by atoms with Crippen LogP contribution in [0.25, 0.3) is 0 Å². The van der Waals surface area contributed by atoms with Crippen molar-refractivity contribution >= 4 is 11.7 Å². The molecule has 2 heterocycles. The van der Waals surface area contributed by atoms with E-state index < -0.39 is 11.4 Å². The summed E-state index contributed by atoms with van der Waals surface area (Å²) in [5.41, 5.74) is 3.85. The molecule has 0 aliphatic carbocycles. The van der Waals surface area contributed by atoms with Gasteiger partial charge in [0.1, 0.15) is 5.82 Å². The van der Waals surface area contributed by atoms with Crippen LogP contribution in [0.3, 0.4) is 0 Å². The Hall–Kier alpha value is -3.25. The van der Waals surface area contributed by atoms with Gasteiger partial charge in [-0.05, 0) is 49.9 Å². The minimum atomic E-state index is -0.927. The number of anilines is 1. The van der Waals surface area contributed by atoms with Crippen LogP contribution in [-0.2, 0) is 23.1 Å². The van der Waals surface area contributed by atoms with Crippen LogP contribution in [0, 0.1) is 11.7 Å². The first-order chi connectivity index (χ1) is 15.8. The van der Waals surface area contributed by atoms with Crippen LogP contribution in [0.4, 0.5) is 10.1 Å². The van der Waals surface area contributed by atoms with Gasteiger partial charge in [-0.25, -0.2) is 4.39 Å². The molecule has 1 aromatic heterocycles. The smallest absolute Gasteiger partial charge is 0.313 e. The molecule has 5 nitrogen and oxygen atoms in total. The van der Waals surface area contributed by atoms with E-state index in [0.29, 0.717) is 0 Å². The highest BCUT2D eigenvalue weighted by Crippen LogP contribution is 2.32. The van der Waals surface area contributed by atoms with E-state index in [-0.39, 0.29) is 17.8 Å². The quantitative estimate of drug-likeness (QED) is 0.465. The first-order valence-corrected chi connectivity index (χ1v) is 11.3. The van der Waals surface area contributed by atoms with Gasteiger partial charge in [-0.2, -0.15) is 0 Å². The average molecular weight is 448 g/mol. The molecule has 0 saturated carbocycles. The minimum absolute atomic E-state index is 0.109. The highest BCUT2D eigenvalue weighted by molar-refractivity contribution is 5.80. The van der Waals surface area contributed by atoms with Crippen LogP contribution in [-0.4, -0.2) is 29.1 Å². The molecule has 0 unspecified atom stereocenters. The first-order valence-electron chi connectivity index (χ1n) is 11.3. The molecular weight excluding hydrogens is 417 g/mol. The van der Waals surface area contributed by atoms with Gasteiger partial charge >= 0.3 is 5.97 Å². The molecule has 3 N–H and O–H groups in total. The summed E-state index contributed by atoms with van der Waals surface area (Å²) in [7, 11) is 0. The summed E-state index contributed by atoms with van der Waals surface area (Å²) in [6.07, 6.45) is 2.82. The van der Waals surface area contributed by atoms with Crippen molar-refractivity contribution in [1.29, 1.82) is 0 Å². The predicted octanol–water partition coefficient (Wildman–Crippen LogP) is 4.74. The number of hydrogen-bond acceptors (Lipinski definition) is 4. The van der Waals surface area contributed by atoms with E-state index in [9.17, 15) is 14.3 Å². The third kappa shape index (κ3) is 5.22. The molecule has 0 spiro atoms. The third-order valence-electron chi connectivity index (χ3n) is 6.54. The highest BCUT2D eigenvalue weighted by atomic mass is 19.1. The van der Waals surface area contributed by atoms with E-state index in [1.165, 1.54) is 17.8 Å². The second-order valence-electron chi connectivity index (χ2n) is 9.22. The van der Waals surface area contributed by atoms with E-state index >= 15 is 0 Å². The van der Waals surface area contributed by atoms with Gasteiger partial charge in [-0.1, -0.05) is 54.6 Å². The van der Waals surface area contributed by atoms with Crippen molar-refractivity contribution in [2.24, 2.45) is 5.92 Å². The zero-order valence-electron chi connectivity index (χ0n) is 19.0. The molecule has 0 bridgehead atoms. The lowest BCUT2D eigenvalue weighted by molar-refractivity contribution is -0.142. The normalized spacial score (nSPS) is 16.5. The number of aliphatic carboxylic acids is 1. The van der Waals surface area contributed by atoms with Crippen molar-refractivity contribution in [3.63, 3.8) is 0 Å². The number of pyridine rings is 1. The maximum Gasteiger partial charge on any atom is 0.313 e. The summed E-state index contributed by atoms with van der Waals surface area (Å²) in [5.74, 6) is -0.902. The van der Waals surface area contributed by atoms with Crippen LogP contribution >= 0.6 is 0 Å². The van der Waals surface area contributed by atoms with Gasteiger partial charge in [-0.15, -0.1) is 0 Å². The SMILES string of the molecule is CC(C)(C(=O)O)c1cccc(CCN[C@H](c2ccccc2)[C@H]2CNc3cc(F)cnc3C2)c1. The fourth-order valence-corrected chi connectivity index (χ4v) is 4.41. The minimum Gasteiger partial charge on any atom is -0.481 e. The summed E-state index contributed by atoms with van der Waals surface area (Å²) in [4.78, 5) is 15.9. The zero-order chi connectivity index (χ0) is 23.4. The molecule has 1 aliphatic rings. The van der Waals surface area contributed by atoms with Gasteiger partial charge in [0.2, 0.25) is 0 Å². The number of aromatic nitrogens is 1. The Morgan fingerprint density at radius 2 is 2.00 bits per heavy atom. The van der Waals surface area contributed by atoms with Gasteiger partial charge in [0, 0.05) is 24.6 Å². The summed E-state index contributed by atoms with van der Waals surface area (Å²) in [5, 5.41) is 16.6. The van der Waals surface area contributed by atoms with E-state index in [0.717, 1.165) is 48.4 Å². The number of carboxylic acid groups (broad SMARTS) is 1. The van der Waals surface area contributed by atoms with Gasteiger partial charge < -0.3 is 15.7 Å². The number of nitrogens with one attached hydrogen (secondary N) is 2. The number of carboxylic acids is 1. The number of benzene rings is 2. The first kappa shape index (κ1) is 22.9. The second-order valence-corrected chi connectivity index (χ2v) is 9.22. The van der Waals surface area contributed by atoms with Gasteiger partial charge in [-0.3, -0.25) is 9.78 Å². The summed E-state index contributed by atoms with van der Waals surface area (Å²) in [6.45, 7) is 4.93. The zero-order valence-corrected chi connectivity index (χ0v) is 19.0. The Labute approximate surface area is 194 Å². The molecule has 2 atom stereocenters. The number of halogens is 1. The van der Waals surface area contributed by atoms with Crippen molar-refractivity contribution in [3.8, 4) is 0 Å². The van der Waals surface area contributed by atoms with Crippen molar-refractivity contribution in [1.82, 2.24) is 10.3 Å². The standard InChI is InChI=1S/C27H30FN3O2/c1-27(2,26(32)33)21-10-6-7-18(13-21)11-12-29-25(19-8-4-3-5-9-19)20-14-23-24(30-16-20)15-22(28)17-31-23/h3-10,13,15,17,20,25,29-30H,11-12,14,16H2,1-2H3,(H,32,33)/t20-,25-/m1/s1. The lowest BCUT2D eigenvalue weighted by atomic mass is 9.84. The molecular formula is C27H30FN3O2. The Bertz CT molecular complexity index is 1120. The average Bonchev–Trinajstić information content (AvgIpc) is 2.82. The molecule has 4 rings (SSSR count). The van der Waals surface area contributed by atoms with Crippen molar-refractivity contribution in [2.45, 2.75) is 38.1 Å². The van der Waals surface area contributed by atoms with Gasteiger partial charge in [0.05, 0.1) is 23.0 Å². The summed E-state index contributed by atoms with van der Waals surface area (Å²) >= 11 is 0. The van der Waals surface area contributed by atoms with Crippen LogP contribution in [0.5, 0.6) is 0 Å². The van der Waals surface area contributed by atoms with Crippen LogP contribution in [0.2, 0.25) is 0 Å². The van der Waals surface area contributed by atoms with Crippen molar-refractivity contribution in [2.75, 3.05) is 18.4 Å². The number of nitrogens with zero attached hydrogens (tertiary/aromatic N) is 1. The van der Waals surface area contributed by atoms with Crippen LogP contribution in [0.15, 0.2) is 66.9 Å². The largest absolute Gasteiger partial charge is 0.481 e. The molecule has 3 aromatic rings. The maximum atomic E-state index is 13.5. The molecule has 1 aliphatic heterocycles. The molecule has 33 heavy (non-hydrogen) atoms. The number of rotatable bonds is 8.